The third-order valence-electron chi connectivity index (χ3n) is 7.17. The van der Waals surface area contributed by atoms with Crippen LogP contribution in [0.15, 0.2) is 48.7 Å². The molecule has 46 heavy (non-hydrogen) atoms. The molecule has 2 amide bonds. The topological polar surface area (TPSA) is 127 Å². The van der Waals surface area contributed by atoms with E-state index in [1.807, 2.05) is 0 Å². The highest BCUT2D eigenvalue weighted by atomic mass is 19.4. The maximum absolute atomic E-state index is 14.4. The molecule has 2 N–H and O–H groups in total. The molecule has 1 fully saturated rings. The summed E-state index contributed by atoms with van der Waals surface area (Å²) in [5, 5.41) is 2.16. The number of aromatic amines is 1. The van der Waals surface area contributed by atoms with Gasteiger partial charge in [-0.2, -0.15) is 26.3 Å². The van der Waals surface area contributed by atoms with Gasteiger partial charge in [0.1, 0.15) is 17.0 Å². The predicted octanol–water partition coefficient (Wildman–Crippen LogP) is 6.34. The number of fused-ring (bicyclic) bond motifs is 1. The summed E-state index contributed by atoms with van der Waals surface area (Å²) in [4.78, 5) is 50.2. The SMILES string of the molecule is CCNC(=O)c1ccc(Oc2cc3nc(-c4ccccn4)[nH]c3cc2C2CCCN2C(C)=O)c(OC(=O)C(F)(F)F)c1C(F)(F)F. The number of hydrogen-bond donors (Lipinski definition) is 2. The zero-order valence-electron chi connectivity index (χ0n) is 24.2. The van der Waals surface area contributed by atoms with Crippen LogP contribution in [-0.4, -0.2) is 56.9 Å². The number of nitrogens with one attached hydrogen (secondary N) is 2. The minimum absolute atomic E-state index is 0.104. The number of pyridine rings is 1. The lowest BCUT2D eigenvalue weighted by Crippen LogP contribution is -2.31. The van der Waals surface area contributed by atoms with Crippen LogP contribution >= 0.6 is 0 Å². The number of benzene rings is 2. The molecule has 5 rings (SSSR count). The third-order valence-corrected chi connectivity index (χ3v) is 7.17. The van der Waals surface area contributed by atoms with Crippen molar-refractivity contribution >= 4 is 28.8 Å². The smallest absolute Gasteiger partial charge is 0.453 e. The number of likely N-dealkylation sites (tertiary alicyclic amines) is 1. The van der Waals surface area contributed by atoms with E-state index < -0.39 is 52.9 Å². The van der Waals surface area contributed by atoms with E-state index in [0.717, 1.165) is 6.07 Å². The summed E-state index contributed by atoms with van der Waals surface area (Å²) < 4.78 is 93.3. The second-order valence-electron chi connectivity index (χ2n) is 10.2. The quantitative estimate of drug-likeness (QED) is 0.136. The molecular weight excluding hydrogens is 624 g/mol. The molecule has 16 heteroatoms. The Balaban J connectivity index is 1.72. The first-order chi connectivity index (χ1) is 21.7. The number of nitrogens with zero attached hydrogens (tertiary/aromatic N) is 3. The van der Waals surface area contributed by atoms with Crippen LogP contribution in [-0.2, 0) is 15.8 Å². The lowest BCUT2D eigenvalue weighted by molar-refractivity contribution is -0.190. The number of H-pyrrole nitrogens is 1. The Labute approximate surface area is 256 Å². The van der Waals surface area contributed by atoms with Crippen LogP contribution < -0.4 is 14.8 Å². The van der Waals surface area contributed by atoms with Crippen LogP contribution in [0.3, 0.4) is 0 Å². The summed E-state index contributed by atoms with van der Waals surface area (Å²) in [6.07, 6.45) is -8.60. The number of imidazole rings is 1. The number of halogens is 6. The number of esters is 1. The lowest BCUT2D eigenvalue weighted by atomic mass is 10.0. The first-order valence-electron chi connectivity index (χ1n) is 13.9. The summed E-state index contributed by atoms with van der Waals surface area (Å²) >= 11 is 0. The van der Waals surface area contributed by atoms with Gasteiger partial charge in [0.2, 0.25) is 5.91 Å². The van der Waals surface area contributed by atoms with Crippen molar-refractivity contribution < 1.29 is 50.2 Å². The molecule has 2 aromatic carbocycles. The normalized spacial score (nSPS) is 15.2. The van der Waals surface area contributed by atoms with Gasteiger partial charge >= 0.3 is 18.3 Å². The molecule has 3 heterocycles. The summed E-state index contributed by atoms with van der Waals surface area (Å²) in [6, 6.07) is 8.89. The highest BCUT2D eigenvalue weighted by molar-refractivity contribution is 5.97. The van der Waals surface area contributed by atoms with Crippen LogP contribution in [0.4, 0.5) is 26.3 Å². The molecule has 0 spiro atoms. The van der Waals surface area contributed by atoms with E-state index in [1.54, 1.807) is 24.3 Å². The largest absolute Gasteiger partial charge is 0.491 e. The minimum Gasteiger partial charge on any atom is -0.453 e. The minimum atomic E-state index is -5.69. The average molecular weight is 650 g/mol. The highest BCUT2D eigenvalue weighted by Gasteiger charge is 2.46. The molecule has 0 radical (unpaired) electrons. The van der Waals surface area contributed by atoms with Crippen LogP contribution in [0.1, 0.15) is 54.2 Å². The van der Waals surface area contributed by atoms with E-state index in [2.05, 4.69) is 25.0 Å². The van der Waals surface area contributed by atoms with E-state index in [0.29, 0.717) is 48.1 Å². The summed E-state index contributed by atoms with van der Waals surface area (Å²) in [5.41, 5.74) is -1.58. The first-order valence-corrected chi connectivity index (χ1v) is 13.9. The molecule has 0 saturated carbocycles. The van der Waals surface area contributed by atoms with Crippen LogP contribution in [0.5, 0.6) is 17.2 Å². The maximum atomic E-state index is 14.4. The van der Waals surface area contributed by atoms with Crippen molar-refractivity contribution in [2.45, 2.75) is 45.1 Å². The van der Waals surface area contributed by atoms with Gasteiger partial charge in [0.15, 0.2) is 17.3 Å². The molecule has 1 aliphatic rings. The molecule has 1 aliphatic heterocycles. The molecular formula is C30H25F6N5O5. The Kier molecular flexibility index (Phi) is 8.64. The van der Waals surface area contributed by atoms with Crippen molar-refractivity contribution in [2.24, 2.45) is 0 Å². The number of amides is 2. The van der Waals surface area contributed by atoms with Gasteiger partial charge in [0.05, 0.1) is 22.6 Å². The van der Waals surface area contributed by atoms with Gasteiger partial charge in [-0.25, -0.2) is 9.78 Å². The zero-order valence-corrected chi connectivity index (χ0v) is 24.2. The van der Waals surface area contributed by atoms with Gasteiger partial charge < -0.3 is 24.7 Å². The molecule has 1 saturated heterocycles. The summed E-state index contributed by atoms with van der Waals surface area (Å²) in [5.74, 6) is -6.96. The van der Waals surface area contributed by atoms with Crippen LogP contribution in [0.2, 0.25) is 0 Å². The van der Waals surface area contributed by atoms with Gasteiger partial charge in [-0.05, 0) is 50.1 Å². The van der Waals surface area contributed by atoms with Gasteiger partial charge in [0.25, 0.3) is 5.91 Å². The number of carbonyl (C=O) groups excluding carboxylic acids is 3. The van der Waals surface area contributed by atoms with Crippen molar-refractivity contribution in [3.8, 4) is 28.8 Å². The molecule has 0 bridgehead atoms. The van der Waals surface area contributed by atoms with Gasteiger partial charge in [-0.1, -0.05) is 6.07 Å². The Bertz CT molecular complexity index is 1810. The number of aromatic nitrogens is 3. The zero-order chi connectivity index (χ0) is 33.4. The number of alkyl halides is 6. The van der Waals surface area contributed by atoms with Gasteiger partial charge in [-0.15, -0.1) is 0 Å². The van der Waals surface area contributed by atoms with E-state index in [9.17, 15) is 40.7 Å². The third kappa shape index (κ3) is 6.46. The van der Waals surface area contributed by atoms with Gasteiger partial charge in [0, 0.05) is 37.8 Å². The van der Waals surface area contributed by atoms with Crippen molar-refractivity contribution in [1.29, 1.82) is 0 Å². The molecule has 0 aliphatic carbocycles. The standard InChI is InChI=1S/C30H25F6N5O5/c1-3-37-27(43)16-9-10-22(25(24(16)29(31,32)33)46-28(44)30(34,35)36)45-23-14-20-19(39-26(40-20)18-7-4-5-11-38-18)13-17(23)21-8-6-12-41(21)15(2)42/h4-5,7,9-11,13-14,21H,3,6,8,12H2,1-2H3,(H,37,43)(H,39,40). The molecule has 4 aromatic rings. The lowest BCUT2D eigenvalue weighted by Gasteiger charge is -2.26. The summed E-state index contributed by atoms with van der Waals surface area (Å²) in [7, 11) is 0. The average Bonchev–Trinajstić information content (AvgIpc) is 3.64. The van der Waals surface area contributed by atoms with E-state index in [4.69, 9.17) is 4.74 Å². The Morgan fingerprint density at radius 1 is 1.07 bits per heavy atom. The molecule has 10 nitrogen and oxygen atoms in total. The fourth-order valence-corrected chi connectivity index (χ4v) is 5.24. The van der Waals surface area contributed by atoms with Crippen LogP contribution in [0.25, 0.3) is 22.6 Å². The van der Waals surface area contributed by atoms with Crippen molar-refractivity contribution in [1.82, 2.24) is 25.2 Å². The van der Waals surface area contributed by atoms with Crippen LogP contribution in [0, 0.1) is 0 Å². The monoisotopic (exact) mass is 649 g/mol. The van der Waals surface area contributed by atoms with E-state index >= 15 is 0 Å². The molecule has 2 aromatic heterocycles. The number of ether oxygens (including phenoxy) is 2. The van der Waals surface area contributed by atoms with E-state index in [-0.39, 0.29) is 23.7 Å². The van der Waals surface area contributed by atoms with Crippen molar-refractivity contribution in [3.05, 3.63) is 65.4 Å². The Hall–Kier alpha value is -5.15. The summed E-state index contributed by atoms with van der Waals surface area (Å²) in [6.45, 7) is 3.03. The number of carbonyl (C=O) groups is 3. The predicted molar refractivity (Wildman–Crippen MR) is 150 cm³/mol. The van der Waals surface area contributed by atoms with E-state index in [1.165, 1.54) is 31.0 Å². The maximum Gasteiger partial charge on any atom is 0.491 e. The number of rotatable bonds is 7. The first kappa shape index (κ1) is 32.2. The molecule has 1 unspecified atom stereocenters. The van der Waals surface area contributed by atoms with Crippen molar-refractivity contribution in [3.63, 3.8) is 0 Å². The second-order valence-corrected chi connectivity index (χ2v) is 10.2. The Morgan fingerprint density at radius 3 is 2.46 bits per heavy atom. The van der Waals surface area contributed by atoms with Gasteiger partial charge in [-0.3, -0.25) is 14.6 Å². The number of hydrogen-bond acceptors (Lipinski definition) is 7. The molecule has 1 atom stereocenters. The highest BCUT2D eigenvalue weighted by Crippen LogP contribution is 2.48. The van der Waals surface area contributed by atoms with Crippen molar-refractivity contribution in [2.75, 3.05) is 13.1 Å². The molecule has 242 valence electrons. The fraction of sp³-hybridized carbons (Fsp3) is 0.300. The fourth-order valence-electron chi connectivity index (χ4n) is 5.24. The second kappa shape index (κ2) is 12.3. The Morgan fingerprint density at radius 2 is 1.83 bits per heavy atom.